The van der Waals surface area contributed by atoms with E-state index in [1.165, 1.54) is 12.1 Å². The molecule has 0 radical (unpaired) electrons. The van der Waals surface area contributed by atoms with Gasteiger partial charge in [-0.15, -0.1) is 0 Å². The highest BCUT2D eigenvalue weighted by Gasteiger charge is 2.10. The van der Waals surface area contributed by atoms with Gasteiger partial charge in [-0.1, -0.05) is 12.1 Å². The average Bonchev–Trinajstić information content (AvgIpc) is 2.76. The molecule has 3 nitrogen and oxygen atoms in total. The molecular weight excluding hydrogens is 241 g/mol. The lowest BCUT2D eigenvalue weighted by molar-refractivity contribution is 0.417. The molecule has 0 unspecified atom stereocenters. The van der Waals surface area contributed by atoms with Crippen molar-refractivity contribution in [2.75, 3.05) is 0 Å². The molecule has 1 aromatic heterocycles. The number of nitrogens with zero attached hydrogens (tertiary/aromatic N) is 2. The number of benzene rings is 1. The van der Waals surface area contributed by atoms with Gasteiger partial charge in [0.15, 0.2) is 0 Å². The van der Waals surface area contributed by atoms with Crippen molar-refractivity contribution in [2.24, 2.45) is 0 Å². The first kappa shape index (κ1) is 13.7. The molecule has 0 bridgehead atoms. The Morgan fingerprint density at radius 1 is 1.21 bits per heavy atom. The Morgan fingerprint density at radius 3 is 2.53 bits per heavy atom. The van der Waals surface area contributed by atoms with Crippen LogP contribution in [0.15, 0.2) is 36.8 Å². The SMILES string of the molecule is CC(C)(C)NCc1cncn1Cc1ccc(F)cc1. The van der Waals surface area contributed by atoms with Crippen molar-refractivity contribution in [2.45, 2.75) is 39.4 Å². The van der Waals surface area contributed by atoms with E-state index < -0.39 is 0 Å². The highest BCUT2D eigenvalue weighted by atomic mass is 19.1. The van der Waals surface area contributed by atoms with Gasteiger partial charge in [0, 0.05) is 24.8 Å². The van der Waals surface area contributed by atoms with Crippen LogP contribution < -0.4 is 5.32 Å². The molecule has 0 saturated carbocycles. The maximum atomic E-state index is 12.9. The Balaban J connectivity index is 2.05. The Kier molecular flexibility index (Phi) is 4.00. The van der Waals surface area contributed by atoms with E-state index in [4.69, 9.17) is 0 Å². The number of rotatable bonds is 4. The maximum absolute atomic E-state index is 12.9. The van der Waals surface area contributed by atoms with Crippen molar-refractivity contribution in [3.63, 3.8) is 0 Å². The minimum absolute atomic E-state index is 0.0744. The summed E-state index contributed by atoms with van der Waals surface area (Å²) in [6.45, 7) is 7.88. The fraction of sp³-hybridized carbons (Fsp3) is 0.400. The molecule has 0 aliphatic heterocycles. The molecule has 1 aromatic carbocycles. The molecule has 0 aliphatic rings. The highest BCUT2D eigenvalue weighted by Crippen LogP contribution is 2.09. The van der Waals surface area contributed by atoms with E-state index in [0.29, 0.717) is 6.54 Å². The molecule has 0 fully saturated rings. The smallest absolute Gasteiger partial charge is 0.123 e. The van der Waals surface area contributed by atoms with Crippen molar-refractivity contribution in [3.8, 4) is 0 Å². The second-order valence-corrected chi connectivity index (χ2v) is 5.74. The fourth-order valence-electron chi connectivity index (χ4n) is 1.78. The predicted octanol–water partition coefficient (Wildman–Crippen LogP) is 2.96. The second kappa shape index (κ2) is 5.53. The average molecular weight is 261 g/mol. The second-order valence-electron chi connectivity index (χ2n) is 5.74. The summed E-state index contributed by atoms with van der Waals surface area (Å²) in [6, 6.07) is 6.57. The lowest BCUT2D eigenvalue weighted by Crippen LogP contribution is -2.35. The summed E-state index contributed by atoms with van der Waals surface area (Å²) in [6.07, 6.45) is 3.67. The van der Waals surface area contributed by atoms with E-state index in [2.05, 4.69) is 35.6 Å². The van der Waals surface area contributed by atoms with Gasteiger partial charge in [0.1, 0.15) is 5.82 Å². The number of halogens is 1. The van der Waals surface area contributed by atoms with Gasteiger partial charge in [0.05, 0.1) is 12.0 Å². The Bertz CT molecular complexity index is 523. The standard InChI is InChI=1S/C15H20FN3/c1-15(2,3)18-9-14-8-17-11-19(14)10-12-4-6-13(16)7-5-12/h4-8,11,18H,9-10H2,1-3H3. The van der Waals surface area contributed by atoms with E-state index in [1.54, 1.807) is 12.1 Å². The summed E-state index contributed by atoms with van der Waals surface area (Å²) in [4.78, 5) is 4.19. The minimum atomic E-state index is -0.205. The molecule has 2 aromatic rings. The first-order chi connectivity index (χ1) is 8.94. The number of imidazole rings is 1. The van der Waals surface area contributed by atoms with Crippen LogP contribution in [0.2, 0.25) is 0 Å². The molecule has 102 valence electrons. The van der Waals surface area contributed by atoms with Crippen LogP contribution in [0.5, 0.6) is 0 Å². The van der Waals surface area contributed by atoms with Crippen LogP contribution in [0.3, 0.4) is 0 Å². The first-order valence-corrected chi connectivity index (χ1v) is 6.42. The van der Waals surface area contributed by atoms with Crippen LogP contribution in [-0.4, -0.2) is 15.1 Å². The van der Waals surface area contributed by atoms with Gasteiger partial charge in [-0.3, -0.25) is 0 Å². The van der Waals surface area contributed by atoms with Crippen LogP contribution in [-0.2, 0) is 13.1 Å². The van der Waals surface area contributed by atoms with E-state index in [9.17, 15) is 4.39 Å². The lowest BCUT2D eigenvalue weighted by atomic mass is 10.1. The number of aromatic nitrogens is 2. The zero-order valence-electron chi connectivity index (χ0n) is 11.7. The lowest BCUT2D eigenvalue weighted by Gasteiger charge is -2.21. The van der Waals surface area contributed by atoms with Gasteiger partial charge in [-0.2, -0.15) is 0 Å². The predicted molar refractivity (Wildman–Crippen MR) is 74.3 cm³/mol. The molecule has 2 rings (SSSR count). The summed E-state index contributed by atoms with van der Waals surface area (Å²) in [5, 5.41) is 3.44. The Labute approximate surface area is 113 Å². The van der Waals surface area contributed by atoms with Gasteiger partial charge in [-0.05, 0) is 38.5 Å². The molecule has 0 saturated heterocycles. The van der Waals surface area contributed by atoms with E-state index >= 15 is 0 Å². The summed E-state index contributed by atoms with van der Waals surface area (Å²) < 4.78 is 14.9. The largest absolute Gasteiger partial charge is 0.329 e. The fourth-order valence-corrected chi connectivity index (χ4v) is 1.78. The molecule has 0 amide bonds. The topological polar surface area (TPSA) is 29.9 Å². The molecule has 19 heavy (non-hydrogen) atoms. The maximum Gasteiger partial charge on any atom is 0.123 e. The Hall–Kier alpha value is -1.68. The quantitative estimate of drug-likeness (QED) is 0.917. The third kappa shape index (κ3) is 4.17. The normalized spacial score (nSPS) is 11.8. The van der Waals surface area contributed by atoms with Crippen LogP contribution in [0, 0.1) is 5.82 Å². The van der Waals surface area contributed by atoms with Gasteiger partial charge in [0.2, 0.25) is 0 Å². The van der Waals surface area contributed by atoms with E-state index in [-0.39, 0.29) is 11.4 Å². The van der Waals surface area contributed by atoms with Gasteiger partial charge in [0.25, 0.3) is 0 Å². The van der Waals surface area contributed by atoms with Gasteiger partial charge >= 0.3 is 0 Å². The molecule has 1 heterocycles. The summed E-state index contributed by atoms with van der Waals surface area (Å²) in [7, 11) is 0. The zero-order chi connectivity index (χ0) is 13.9. The molecule has 1 N–H and O–H groups in total. The Morgan fingerprint density at radius 2 is 1.89 bits per heavy atom. The molecule has 4 heteroatoms. The molecule has 0 atom stereocenters. The summed E-state index contributed by atoms with van der Waals surface area (Å²) >= 11 is 0. The van der Waals surface area contributed by atoms with Crippen molar-refractivity contribution in [1.29, 1.82) is 0 Å². The molecule has 0 spiro atoms. The van der Waals surface area contributed by atoms with Crippen LogP contribution in [0.4, 0.5) is 4.39 Å². The number of hydrogen-bond acceptors (Lipinski definition) is 2. The third-order valence-electron chi connectivity index (χ3n) is 2.86. The van der Waals surface area contributed by atoms with Crippen LogP contribution in [0.1, 0.15) is 32.0 Å². The minimum Gasteiger partial charge on any atom is -0.329 e. The molecule has 0 aliphatic carbocycles. The zero-order valence-corrected chi connectivity index (χ0v) is 11.7. The van der Waals surface area contributed by atoms with E-state index in [1.807, 2.05) is 12.5 Å². The van der Waals surface area contributed by atoms with Crippen molar-refractivity contribution in [1.82, 2.24) is 14.9 Å². The van der Waals surface area contributed by atoms with Crippen molar-refractivity contribution < 1.29 is 4.39 Å². The van der Waals surface area contributed by atoms with Crippen molar-refractivity contribution >= 4 is 0 Å². The first-order valence-electron chi connectivity index (χ1n) is 6.42. The van der Waals surface area contributed by atoms with Gasteiger partial charge in [-0.25, -0.2) is 9.37 Å². The summed E-state index contributed by atoms with van der Waals surface area (Å²) in [5.41, 5.74) is 2.26. The third-order valence-corrected chi connectivity index (χ3v) is 2.86. The monoisotopic (exact) mass is 261 g/mol. The van der Waals surface area contributed by atoms with Gasteiger partial charge < -0.3 is 9.88 Å². The molecular formula is C15H20FN3. The highest BCUT2D eigenvalue weighted by molar-refractivity contribution is 5.17. The van der Waals surface area contributed by atoms with E-state index in [0.717, 1.165) is 17.8 Å². The number of nitrogens with one attached hydrogen (secondary N) is 1. The summed E-state index contributed by atoms with van der Waals surface area (Å²) in [5.74, 6) is -0.205. The van der Waals surface area contributed by atoms with Crippen molar-refractivity contribution in [3.05, 3.63) is 53.9 Å². The van der Waals surface area contributed by atoms with Crippen LogP contribution >= 0.6 is 0 Å². The number of hydrogen-bond donors (Lipinski definition) is 1. The van der Waals surface area contributed by atoms with Crippen LogP contribution in [0.25, 0.3) is 0 Å².